The number of rotatable bonds is 6. The van der Waals surface area contributed by atoms with Crippen LogP contribution in [0.4, 0.5) is 17.3 Å². The quantitative estimate of drug-likeness (QED) is 0.710. The smallest absolute Gasteiger partial charge is 0.229 e. The van der Waals surface area contributed by atoms with Gasteiger partial charge in [-0.15, -0.1) is 10.2 Å². The Bertz CT molecular complexity index is 877. The summed E-state index contributed by atoms with van der Waals surface area (Å²) in [6.07, 6.45) is 0.295. The zero-order chi connectivity index (χ0) is 18.4. The summed E-state index contributed by atoms with van der Waals surface area (Å²) in [6.45, 7) is 2.01. The van der Waals surface area contributed by atoms with E-state index < -0.39 is 0 Å². The minimum absolute atomic E-state index is 0.131. The number of hydrogen-bond acceptors (Lipinski definition) is 5. The number of para-hydroxylation sites is 2. The van der Waals surface area contributed by atoms with Crippen LogP contribution in [0, 0.1) is 6.92 Å². The number of carbonyl (C=O) groups excluding carboxylic acids is 1. The van der Waals surface area contributed by atoms with Crippen molar-refractivity contribution in [1.82, 2.24) is 10.2 Å². The molecule has 3 rings (SSSR count). The second kappa shape index (κ2) is 8.11. The number of nitrogens with one attached hydrogen (secondary N) is 2. The van der Waals surface area contributed by atoms with Gasteiger partial charge in [0, 0.05) is 0 Å². The minimum Gasteiger partial charge on any atom is -0.495 e. The Morgan fingerprint density at radius 3 is 2.35 bits per heavy atom. The van der Waals surface area contributed by atoms with Crippen molar-refractivity contribution in [1.29, 1.82) is 0 Å². The standard InChI is InChI=1S/C20H20N4O2/c1-14-7-9-15(10-8-14)13-20(25)22-19-12-11-18(23-24-19)21-16-5-3-4-6-17(16)26-2/h3-12H,13H2,1-2H3,(H,21,23)(H,22,24,25). The van der Waals surface area contributed by atoms with E-state index in [9.17, 15) is 4.79 Å². The van der Waals surface area contributed by atoms with Crippen LogP contribution in [0.25, 0.3) is 0 Å². The zero-order valence-electron chi connectivity index (χ0n) is 14.7. The van der Waals surface area contributed by atoms with Gasteiger partial charge in [-0.25, -0.2) is 0 Å². The number of amides is 1. The van der Waals surface area contributed by atoms with Crippen molar-refractivity contribution in [2.24, 2.45) is 0 Å². The molecule has 0 unspecified atom stereocenters. The largest absolute Gasteiger partial charge is 0.495 e. The maximum Gasteiger partial charge on any atom is 0.229 e. The summed E-state index contributed by atoms with van der Waals surface area (Å²) in [5, 5.41) is 14.0. The molecule has 0 bridgehead atoms. The highest BCUT2D eigenvalue weighted by Gasteiger charge is 2.07. The topological polar surface area (TPSA) is 76.1 Å². The maximum atomic E-state index is 12.1. The van der Waals surface area contributed by atoms with E-state index in [1.165, 1.54) is 0 Å². The lowest BCUT2D eigenvalue weighted by Gasteiger charge is -2.10. The lowest BCUT2D eigenvalue weighted by Crippen LogP contribution is -2.15. The fourth-order valence-electron chi connectivity index (χ4n) is 2.43. The van der Waals surface area contributed by atoms with E-state index in [0.717, 1.165) is 16.8 Å². The van der Waals surface area contributed by atoms with Crippen molar-refractivity contribution in [3.8, 4) is 5.75 Å². The zero-order valence-corrected chi connectivity index (χ0v) is 14.7. The highest BCUT2D eigenvalue weighted by atomic mass is 16.5. The van der Waals surface area contributed by atoms with Gasteiger partial charge in [-0.2, -0.15) is 0 Å². The molecule has 2 N–H and O–H groups in total. The van der Waals surface area contributed by atoms with Gasteiger partial charge in [0.05, 0.1) is 19.2 Å². The lowest BCUT2D eigenvalue weighted by molar-refractivity contribution is -0.115. The van der Waals surface area contributed by atoms with E-state index >= 15 is 0 Å². The molecule has 6 heteroatoms. The van der Waals surface area contributed by atoms with E-state index in [2.05, 4.69) is 20.8 Å². The number of carbonyl (C=O) groups is 1. The first kappa shape index (κ1) is 17.4. The average molecular weight is 348 g/mol. The molecule has 1 heterocycles. The van der Waals surface area contributed by atoms with Crippen molar-refractivity contribution < 1.29 is 9.53 Å². The number of anilines is 3. The molecule has 0 atom stereocenters. The predicted octanol–water partition coefficient (Wildman–Crippen LogP) is 3.72. The number of aromatic nitrogens is 2. The van der Waals surface area contributed by atoms with Crippen LogP contribution in [0.15, 0.2) is 60.7 Å². The molecular weight excluding hydrogens is 328 g/mol. The average Bonchev–Trinajstić information content (AvgIpc) is 2.65. The molecule has 6 nitrogen and oxygen atoms in total. The molecule has 26 heavy (non-hydrogen) atoms. The van der Waals surface area contributed by atoms with Crippen molar-refractivity contribution >= 4 is 23.2 Å². The first-order valence-corrected chi connectivity index (χ1v) is 8.23. The van der Waals surface area contributed by atoms with E-state index in [1.807, 2.05) is 55.5 Å². The van der Waals surface area contributed by atoms with E-state index in [-0.39, 0.29) is 5.91 Å². The van der Waals surface area contributed by atoms with Gasteiger partial charge in [0.15, 0.2) is 11.6 Å². The summed E-state index contributed by atoms with van der Waals surface area (Å²) in [4.78, 5) is 12.1. The van der Waals surface area contributed by atoms with Gasteiger partial charge in [0.1, 0.15) is 5.75 Å². The number of aryl methyl sites for hydroxylation is 1. The molecule has 0 aliphatic heterocycles. The van der Waals surface area contributed by atoms with Crippen LogP contribution in [0.2, 0.25) is 0 Å². The Morgan fingerprint density at radius 1 is 0.962 bits per heavy atom. The fraction of sp³-hybridized carbons (Fsp3) is 0.150. The molecule has 1 aromatic heterocycles. The third-order valence-corrected chi connectivity index (χ3v) is 3.79. The third-order valence-electron chi connectivity index (χ3n) is 3.79. The Kier molecular flexibility index (Phi) is 5.43. The Labute approximate surface area is 152 Å². The molecule has 132 valence electrons. The molecule has 0 saturated carbocycles. The molecule has 0 spiro atoms. The molecule has 0 aliphatic carbocycles. The van der Waals surface area contributed by atoms with Crippen molar-refractivity contribution in [3.05, 3.63) is 71.8 Å². The SMILES string of the molecule is COc1ccccc1Nc1ccc(NC(=O)Cc2ccc(C)cc2)nn1. The van der Waals surface area contributed by atoms with Crippen LogP contribution in [-0.2, 0) is 11.2 Å². The Hall–Kier alpha value is -3.41. The molecule has 2 aromatic carbocycles. The van der Waals surface area contributed by atoms with E-state index in [4.69, 9.17) is 4.74 Å². The summed E-state index contributed by atoms with van der Waals surface area (Å²) in [6, 6.07) is 18.9. The van der Waals surface area contributed by atoms with Crippen LogP contribution in [-0.4, -0.2) is 23.2 Å². The fourth-order valence-corrected chi connectivity index (χ4v) is 2.43. The molecule has 0 radical (unpaired) electrons. The van der Waals surface area contributed by atoms with Crippen LogP contribution >= 0.6 is 0 Å². The van der Waals surface area contributed by atoms with Gasteiger partial charge >= 0.3 is 0 Å². The molecule has 3 aromatic rings. The highest BCUT2D eigenvalue weighted by Crippen LogP contribution is 2.26. The molecular formula is C20H20N4O2. The van der Waals surface area contributed by atoms with E-state index in [1.54, 1.807) is 19.2 Å². The van der Waals surface area contributed by atoms with Gasteiger partial charge < -0.3 is 15.4 Å². The van der Waals surface area contributed by atoms with Gasteiger partial charge in [-0.3, -0.25) is 4.79 Å². The number of ether oxygens (including phenoxy) is 1. The summed E-state index contributed by atoms with van der Waals surface area (Å²) in [5.74, 6) is 1.55. The highest BCUT2D eigenvalue weighted by molar-refractivity contribution is 5.91. The number of methoxy groups -OCH3 is 1. The minimum atomic E-state index is -0.131. The molecule has 0 aliphatic rings. The lowest BCUT2D eigenvalue weighted by atomic mass is 10.1. The number of hydrogen-bond donors (Lipinski definition) is 2. The predicted molar refractivity (Wildman–Crippen MR) is 102 cm³/mol. The number of benzene rings is 2. The molecule has 0 fully saturated rings. The van der Waals surface area contributed by atoms with Crippen LogP contribution < -0.4 is 15.4 Å². The second-order valence-electron chi connectivity index (χ2n) is 5.84. The molecule has 1 amide bonds. The van der Waals surface area contributed by atoms with Crippen molar-refractivity contribution in [2.75, 3.05) is 17.7 Å². The summed E-state index contributed by atoms with van der Waals surface area (Å²) < 4.78 is 5.29. The van der Waals surface area contributed by atoms with Gasteiger partial charge in [0.25, 0.3) is 0 Å². The first-order chi connectivity index (χ1) is 12.6. The Balaban J connectivity index is 1.60. The maximum absolute atomic E-state index is 12.1. The van der Waals surface area contributed by atoms with Crippen LogP contribution in [0.5, 0.6) is 5.75 Å². The monoisotopic (exact) mass is 348 g/mol. The molecule has 0 saturated heterocycles. The van der Waals surface area contributed by atoms with Gasteiger partial charge in [0.2, 0.25) is 5.91 Å². The summed E-state index contributed by atoms with van der Waals surface area (Å²) in [5.41, 5.74) is 2.91. The second-order valence-corrected chi connectivity index (χ2v) is 5.84. The summed E-state index contributed by atoms with van der Waals surface area (Å²) in [7, 11) is 1.61. The van der Waals surface area contributed by atoms with Crippen LogP contribution in [0.1, 0.15) is 11.1 Å². The van der Waals surface area contributed by atoms with E-state index in [0.29, 0.717) is 23.8 Å². The van der Waals surface area contributed by atoms with Crippen molar-refractivity contribution in [2.45, 2.75) is 13.3 Å². The third kappa shape index (κ3) is 4.57. The van der Waals surface area contributed by atoms with Crippen LogP contribution in [0.3, 0.4) is 0 Å². The normalized spacial score (nSPS) is 10.2. The first-order valence-electron chi connectivity index (χ1n) is 8.23. The van der Waals surface area contributed by atoms with Crippen molar-refractivity contribution in [3.63, 3.8) is 0 Å². The van der Waals surface area contributed by atoms with Gasteiger partial charge in [-0.1, -0.05) is 42.0 Å². The Morgan fingerprint density at radius 2 is 1.65 bits per heavy atom. The van der Waals surface area contributed by atoms with Gasteiger partial charge in [-0.05, 0) is 36.8 Å². The number of nitrogens with zero attached hydrogens (tertiary/aromatic N) is 2. The summed E-state index contributed by atoms with van der Waals surface area (Å²) >= 11 is 0.